The molecule has 6 nitrogen and oxygen atoms in total. The number of hydrogen-bond acceptors (Lipinski definition) is 6. The maximum absolute atomic E-state index is 13.3. The van der Waals surface area contributed by atoms with Crippen LogP contribution in [-0.2, 0) is 35.8 Å². The van der Waals surface area contributed by atoms with E-state index in [-0.39, 0.29) is 32.9 Å². The van der Waals surface area contributed by atoms with E-state index in [1.54, 1.807) is 0 Å². The van der Waals surface area contributed by atoms with E-state index in [1.807, 2.05) is 0 Å². The third-order valence-electron chi connectivity index (χ3n) is 5.52. The molecule has 1 atom stereocenters. The first-order valence-electron chi connectivity index (χ1n) is 9.77. The minimum Gasteiger partial charge on any atom is -0.460 e. The van der Waals surface area contributed by atoms with E-state index in [0.29, 0.717) is 0 Å². The first kappa shape index (κ1) is 29.1. The molecule has 0 saturated heterocycles. The highest BCUT2D eigenvalue weighted by Gasteiger charge is 2.43. The molecule has 1 unspecified atom stereocenters. The van der Waals surface area contributed by atoms with Gasteiger partial charge in [-0.2, -0.15) is 21.6 Å². The number of ketones is 1. The maximum Gasteiger partial charge on any atom is 0.415 e. The summed E-state index contributed by atoms with van der Waals surface area (Å²) in [5.74, 6) is -4.20. The molecule has 19 heteroatoms. The number of Topliss-reactive ketones (excluding diaryl/α,β-unsaturated/α-hetero) is 1. The molecule has 0 fully saturated rings. The Bertz CT molecular complexity index is 1440. The molecule has 2 aromatic carbocycles. The molecule has 1 heterocycles. The van der Waals surface area contributed by atoms with Crippen molar-refractivity contribution >= 4 is 136 Å². The molecule has 0 aromatic heterocycles. The van der Waals surface area contributed by atoms with Crippen molar-refractivity contribution in [2.45, 2.75) is 18.0 Å². The topological polar surface area (TPSA) is 95.7 Å². The molecular weight excluding hydrogens is 497 g/mol. The highest BCUT2D eigenvalue weighted by Crippen LogP contribution is 2.32. The lowest BCUT2D eigenvalue weighted by Gasteiger charge is -2.25. The van der Waals surface area contributed by atoms with Crippen molar-refractivity contribution < 1.29 is 35.3 Å². The summed E-state index contributed by atoms with van der Waals surface area (Å²) >= 11 is 0. The van der Waals surface area contributed by atoms with Crippen LogP contribution in [0.4, 0.5) is 13.2 Å². The summed E-state index contributed by atoms with van der Waals surface area (Å²) in [7, 11) is 46.4. The normalized spacial score (nSPS) is 16.2. The van der Waals surface area contributed by atoms with Crippen LogP contribution in [0.1, 0.15) is 22.8 Å². The van der Waals surface area contributed by atoms with Gasteiger partial charge in [0.25, 0.3) is 0 Å². The van der Waals surface area contributed by atoms with Crippen LogP contribution >= 0.6 is 0 Å². The van der Waals surface area contributed by atoms with Gasteiger partial charge in [-0.05, 0) is 11.1 Å². The molecule has 2 aromatic rings. The lowest BCUT2D eigenvalue weighted by molar-refractivity contribution is -0.135. The number of carbonyl (C=O) groups is 1. The predicted molar refractivity (Wildman–Crippen MR) is 140 cm³/mol. The number of carbonyl (C=O) groups excluding carboxylic acids is 1. The second-order valence-electron chi connectivity index (χ2n) is 7.83. The smallest absolute Gasteiger partial charge is 0.415 e. The summed E-state index contributed by atoms with van der Waals surface area (Å²) < 4.78 is 75.5. The molecule has 18 radical (unpaired) electrons. The first-order valence-corrected chi connectivity index (χ1v) is 11.3. The van der Waals surface area contributed by atoms with Crippen molar-refractivity contribution in [2.24, 2.45) is 5.73 Å². The molecule has 166 valence electrons. The second kappa shape index (κ2) is 9.71. The fourth-order valence-corrected chi connectivity index (χ4v) is 4.72. The van der Waals surface area contributed by atoms with Crippen molar-refractivity contribution in [2.75, 3.05) is 0 Å². The molecule has 0 saturated carbocycles. The average molecular weight is 502 g/mol. The van der Waals surface area contributed by atoms with Crippen LogP contribution in [0.25, 0.3) is 0 Å². The number of alkyl halides is 3. The summed E-state index contributed by atoms with van der Waals surface area (Å²) in [4.78, 5) is 13.0. The fraction of sp³-hybridized carbons (Fsp3) is 0.167. The van der Waals surface area contributed by atoms with Gasteiger partial charge in [-0.1, -0.05) is 21.9 Å². The Morgan fingerprint density at radius 3 is 1.65 bits per heavy atom. The highest BCUT2D eigenvalue weighted by atomic mass is 32.2. The Morgan fingerprint density at radius 1 is 0.784 bits per heavy atom. The summed E-state index contributed by atoms with van der Waals surface area (Å²) in [6, 6.07) is 0. The SMILES string of the molecule is [B]c1c([B])c([B])c(CS(=O)(=O)OC2=C(N)OC(c3c([B])c([B])c(C(F)(F)F)c([B])c3[B])C2=O)c([B])c1[B]. The third-order valence-corrected chi connectivity index (χ3v) is 6.58. The Labute approximate surface area is 222 Å². The number of benzene rings is 2. The second-order valence-corrected chi connectivity index (χ2v) is 9.40. The van der Waals surface area contributed by atoms with Gasteiger partial charge in [0.2, 0.25) is 17.4 Å². The molecule has 0 spiro atoms. The van der Waals surface area contributed by atoms with Crippen LogP contribution in [0.3, 0.4) is 0 Å². The predicted octanol–water partition coefficient (Wildman–Crippen LogP) is -7.84. The van der Waals surface area contributed by atoms with E-state index in [1.165, 1.54) is 0 Å². The van der Waals surface area contributed by atoms with E-state index >= 15 is 0 Å². The van der Waals surface area contributed by atoms with Crippen molar-refractivity contribution in [1.29, 1.82) is 0 Å². The minimum atomic E-state index is -5.03. The van der Waals surface area contributed by atoms with Crippen molar-refractivity contribution in [1.82, 2.24) is 0 Å². The van der Waals surface area contributed by atoms with Crippen LogP contribution in [0.2, 0.25) is 0 Å². The molecule has 0 aliphatic carbocycles. The van der Waals surface area contributed by atoms with E-state index in [9.17, 15) is 26.4 Å². The highest BCUT2D eigenvalue weighted by molar-refractivity contribution is 7.86. The zero-order valence-corrected chi connectivity index (χ0v) is 19.5. The van der Waals surface area contributed by atoms with E-state index in [2.05, 4.69) is 0 Å². The fourth-order valence-electron chi connectivity index (χ4n) is 3.58. The van der Waals surface area contributed by atoms with Gasteiger partial charge in [-0.15, -0.1) is 27.3 Å². The zero-order valence-electron chi connectivity index (χ0n) is 18.6. The van der Waals surface area contributed by atoms with Gasteiger partial charge in [0.1, 0.15) is 76.4 Å². The Hall–Kier alpha value is -2.43. The van der Waals surface area contributed by atoms with Gasteiger partial charge in [-0.25, -0.2) is 0 Å². The Kier molecular flexibility index (Phi) is 7.65. The standard InChI is InChI=1S/C18H5B9F3NO5S/c19-5-2(6(20)12(26)13(27)11(5)25)1-37(33,34)36-16-14(32)15(35-17(16)31)3-7(21)9(23)4(18(28,29)30)10(24)8(3)22/h15H,1,31H2. The summed E-state index contributed by atoms with van der Waals surface area (Å²) in [5.41, 5.74) is -1.64. The van der Waals surface area contributed by atoms with Gasteiger partial charge in [0, 0.05) is 5.56 Å². The van der Waals surface area contributed by atoms with E-state index in [4.69, 9.17) is 85.3 Å². The number of ether oxygens (including phenoxy) is 1. The number of halogens is 3. The Morgan fingerprint density at radius 2 is 1.22 bits per heavy atom. The van der Waals surface area contributed by atoms with Gasteiger partial charge >= 0.3 is 16.3 Å². The monoisotopic (exact) mass is 503 g/mol. The van der Waals surface area contributed by atoms with E-state index in [0.717, 1.165) is 0 Å². The summed E-state index contributed by atoms with van der Waals surface area (Å²) in [5, 5.41) is 0. The minimum absolute atomic E-state index is 0.170. The third kappa shape index (κ3) is 5.03. The largest absolute Gasteiger partial charge is 0.460 e. The first-order chi connectivity index (χ1) is 16.8. The zero-order chi connectivity index (χ0) is 28.4. The van der Waals surface area contributed by atoms with Crippen LogP contribution in [0, 0.1) is 0 Å². The maximum atomic E-state index is 13.3. The lowest BCUT2D eigenvalue weighted by Crippen LogP contribution is -2.56. The van der Waals surface area contributed by atoms with Crippen LogP contribution < -0.4 is 54.9 Å². The van der Waals surface area contributed by atoms with Gasteiger partial charge < -0.3 is 14.7 Å². The lowest BCUT2D eigenvalue weighted by atomic mass is 9.61. The van der Waals surface area contributed by atoms with Gasteiger partial charge in [-0.3, -0.25) is 4.79 Å². The molecule has 0 bridgehead atoms. The summed E-state index contributed by atoms with van der Waals surface area (Å²) in [6.45, 7) is 0. The summed E-state index contributed by atoms with van der Waals surface area (Å²) in [6.07, 6.45) is -6.97. The van der Waals surface area contributed by atoms with Gasteiger partial charge in [0.15, 0.2) is 6.10 Å². The molecule has 1 aliphatic rings. The average Bonchev–Trinajstić information content (AvgIpc) is 3.05. The number of rotatable bonds is 5. The molecule has 37 heavy (non-hydrogen) atoms. The molecule has 3 rings (SSSR count). The van der Waals surface area contributed by atoms with Crippen molar-refractivity contribution in [3.8, 4) is 0 Å². The van der Waals surface area contributed by atoms with E-state index < -0.39 is 78.6 Å². The number of hydrogen-bond donors (Lipinski definition) is 1. The molecule has 2 N–H and O–H groups in total. The van der Waals surface area contributed by atoms with Crippen molar-refractivity contribution in [3.63, 3.8) is 0 Å². The van der Waals surface area contributed by atoms with Crippen LogP contribution in [-0.4, -0.2) is 84.8 Å². The van der Waals surface area contributed by atoms with Crippen molar-refractivity contribution in [3.05, 3.63) is 28.3 Å². The number of nitrogens with two attached hydrogens (primary N) is 1. The molecular formula is C18H5B9F3NO5S. The van der Waals surface area contributed by atoms with Crippen LogP contribution in [0.5, 0.6) is 0 Å². The molecule has 1 aliphatic heterocycles. The van der Waals surface area contributed by atoms with Crippen LogP contribution in [0.15, 0.2) is 11.6 Å². The quantitative estimate of drug-likeness (QED) is 0.323. The van der Waals surface area contributed by atoms with Gasteiger partial charge in [0.05, 0.1) is 0 Å². The molecule has 0 amide bonds. The Balaban J connectivity index is 1.98.